The van der Waals surface area contributed by atoms with E-state index in [9.17, 15) is 19.2 Å². The van der Waals surface area contributed by atoms with Crippen molar-refractivity contribution in [2.45, 2.75) is 36.0 Å². The third kappa shape index (κ3) is 3.85. The zero-order valence-corrected chi connectivity index (χ0v) is 20.8. The van der Waals surface area contributed by atoms with Crippen molar-refractivity contribution in [3.05, 3.63) is 24.3 Å². The maximum Gasteiger partial charge on any atom is 0.329 e. The van der Waals surface area contributed by atoms with Crippen LogP contribution in [0.4, 0.5) is 5.69 Å². The fourth-order valence-electron chi connectivity index (χ4n) is 5.15. The number of carbonyl (C=O) groups excluding carboxylic acids is 4. The van der Waals surface area contributed by atoms with Crippen molar-refractivity contribution in [1.29, 1.82) is 0 Å². The van der Waals surface area contributed by atoms with Crippen molar-refractivity contribution in [1.82, 2.24) is 4.90 Å². The van der Waals surface area contributed by atoms with Crippen LogP contribution in [0.2, 0.25) is 0 Å². The predicted molar refractivity (Wildman–Crippen MR) is 123 cm³/mol. The number of rotatable bonds is 7. The third-order valence-corrected chi connectivity index (χ3v) is 9.76. The van der Waals surface area contributed by atoms with Gasteiger partial charge in [0, 0.05) is 9.65 Å². The lowest BCUT2D eigenvalue weighted by molar-refractivity contribution is -0.159. The Morgan fingerprint density at radius 1 is 1.12 bits per heavy atom. The molecule has 1 aliphatic heterocycles. The number of fused-ring (bicyclic) bond motifs is 5. The second-order valence-electron chi connectivity index (χ2n) is 8.31. The smallest absolute Gasteiger partial charge is 0.329 e. The Labute approximate surface area is 202 Å². The summed E-state index contributed by atoms with van der Waals surface area (Å²) in [5.74, 6) is -2.16. The number of carbonyl (C=O) groups is 4. The molecule has 2 aliphatic carbocycles. The molecule has 0 aromatic heterocycles. The van der Waals surface area contributed by atoms with Crippen LogP contribution >= 0.6 is 31.9 Å². The number of anilines is 1. The lowest BCUT2D eigenvalue weighted by Gasteiger charge is -2.28. The molecular formula is C22H24Br2N2O6. The summed E-state index contributed by atoms with van der Waals surface area (Å²) >= 11 is 7.28. The van der Waals surface area contributed by atoms with Crippen LogP contribution in [0.5, 0.6) is 5.75 Å². The van der Waals surface area contributed by atoms with Crippen LogP contribution < -0.4 is 10.1 Å². The lowest BCUT2D eigenvalue weighted by atomic mass is 9.81. The number of esters is 1. The number of benzene rings is 1. The molecule has 0 unspecified atom stereocenters. The Kier molecular flexibility index (Phi) is 6.63. The number of nitrogens with one attached hydrogen (secondary N) is 1. The van der Waals surface area contributed by atoms with Gasteiger partial charge in [-0.25, -0.2) is 4.79 Å². The van der Waals surface area contributed by atoms with Crippen LogP contribution in [0.15, 0.2) is 24.3 Å². The Balaban J connectivity index is 1.36. The van der Waals surface area contributed by atoms with Gasteiger partial charge in [0.25, 0.3) is 5.91 Å². The van der Waals surface area contributed by atoms with Gasteiger partial charge >= 0.3 is 5.97 Å². The second kappa shape index (κ2) is 9.13. The molecule has 3 aliphatic rings. The molecule has 172 valence electrons. The number of hydrogen-bond donors (Lipinski definition) is 1. The number of nitrogens with zero attached hydrogens (tertiary/aromatic N) is 1. The quantitative estimate of drug-likeness (QED) is 0.307. The first-order chi connectivity index (χ1) is 15.3. The van der Waals surface area contributed by atoms with Crippen LogP contribution in [0, 0.1) is 23.7 Å². The maximum absolute atomic E-state index is 13.0. The molecule has 8 nitrogen and oxygen atoms in total. The molecular weight excluding hydrogens is 548 g/mol. The standard InChI is InChI=1S/C22H24Br2N2O6/c1-3-31-14-7-5-4-6-13(14)25-15(27)9-32-22(30)10(2)26-20(28)16-11-8-12(17(16)21(26)29)19(24)18(11)23/h4-7,10-12,16-19H,3,8-9H2,1-2H3,(H,25,27)/t10-,11+,12+,16+,17+,18-,19-/m0/s1. The second-order valence-corrected chi connectivity index (χ2v) is 10.4. The first kappa shape index (κ1) is 23.2. The zero-order chi connectivity index (χ0) is 23.2. The summed E-state index contributed by atoms with van der Waals surface area (Å²) in [7, 11) is 0. The van der Waals surface area contributed by atoms with Crippen molar-refractivity contribution in [3.8, 4) is 5.75 Å². The van der Waals surface area contributed by atoms with Gasteiger partial charge < -0.3 is 14.8 Å². The summed E-state index contributed by atoms with van der Waals surface area (Å²) in [5, 5.41) is 2.64. The summed E-state index contributed by atoms with van der Waals surface area (Å²) in [6, 6.07) is 5.83. The Bertz CT molecular complexity index is 924. The predicted octanol–water partition coefficient (Wildman–Crippen LogP) is 2.73. The molecule has 3 fully saturated rings. The zero-order valence-electron chi connectivity index (χ0n) is 17.6. The van der Waals surface area contributed by atoms with E-state index in [0.717, 1.165) is 11.3 Å². The minimum atomic E-state index is -1.09. The molecule has 1 N–H and O–H groups in total. The van der Waals surface area contributed by atoms with Gasteiger partial charge in [0.15, 0.2) is 6.61 Å². The Morgan fingerprint density at radius 3 is 2.31 bits per heavy atom. The van der Waals surface area contributed by atoms with E-state index in [1.54, 1.807) is 24.3 Å². The average Bonchev–Trinajstić information content (AvgIpc) is 3.38. The van der Waals surface area contributed by atoms with E-state index in [2.05, 4.69) is 37.2 Å². The summed E-state index contributed by atoms with van der Waals surface area (Å²) in [5.41, 5.74) is 0.463. The Hall–Kier alpha value is -1.94. The minimum Gasteiger partial charge on any atom is -0.492 e. The van der Waals surface area contributed by atoms with Crippen LogP contribution in [-0.4, -0.2) is 57.5 Å². The van der Waals surface area contributed by atoms with Gasteiger partial charge in [0.05, 0.1) is 24.1 Å². The van der Waals surface area contributed by atoms with E-state index in [1.807, 2.05) is 6.92 Å². The van der Waals surface area contributed by atoms with Crippen molar-refractivity contribution in [2.24, 2.45) is 23.7 Å². The van der Waals surface area contributed by atoms with Gasteiger partial charge in [-0.1, -0.05) is 44.0 Å². The molecule has 2 bridgehead atoms. The average molecular weight is 572 g/mol. The van der Waals surface area contributed by atoms with Crippen LogP contribution in [0.3, 0.4) is 0 Å². The first-order valence-electron chi connectivity index (χ1n) is 10.6. The van der Waals surface area contributed by atoms with Gasteiger partial charge in [-0.3, -0.25) is 19.3 Å². The number of para-hydroxylation sites is 2. The summed E-state index contributed by atoms with van der Waals surface area (Å²) in [6.07, 6.45) is 0.814. The molecule has 3 amide bonds. The van der Waals surface area contributed by atoms with E-state index in [4.69, 9.17) is 9.47 Å². The van der Waals surface area contributed by atoms with Gasteiger partial charge in [-0.05, 0) is 44.2 Å². The molecule has 10 heteroatoms. The molecule has 0 spiro atoms. The highest BCUT2D eigenvalue weighted by Crippen LogP contribution is 2.60. The van der Waals surface area contributed by atoms with Gasteiger partial charge in [0.1, 0.15) is 11.8 Å². The highest BCUT2D eigenvalue weighted by atomic mass is 79.9. The highest BCUT2D eigenvalue weighted by Gasteiger charge is 2.67. The van der Waals surface area contributed by atoms with Crippen molar-refractivity contribution < 1.29 is 28.7 Å². The number of likely N-dealkylation sites (tertiary alicyclic amines) is 1. The van der Waals surface area contributed by atoms with Gasteiger partial charge in [0.2, 0.25) is 11.8 Å². The largest absolute Gasteiger partial charge is 0.492 e. The number of amides is 3. The number of imide groups is 1. The fraction of sp³-hybridized carbons (Fsp3) is 0.545. The van der Waals surface area contributed by atoms with Gasteiger partial charge in [-0.2, -0.15) is 0 Å². The normalized spacial score (nSPS) is 31.4. The monoisotopic (exact) mass is 570 g/mol. The number of halogens is 2. The molecule has 32 heavy (non-hydrogen) atoms. The molecule has 1 aromatic carbocycles. The van der Waals surface area contributed by atoms with Crippen LogP contribution in [-0.2, 0) is 23.9 Å². The minimum absolute atomic E-state index is 0.0650. The lowest BCUT2D eigenvalue weighted by Crippen LogP contribution is -2.45. The van der Waals surface area contributed by atoms with Crippen molar-refractivity contribution >= 4 is 61.2 Å². The summed E-state index contributed by atoms with van der Waals surface area (Å²) in [6.45, 7) is 3.19. The highest BCUT2D eigenvalue weighted by molar-refractivity contribution is 9.12. The summed E-state index contributed by atoms with van der Waals surface area (Å²) in [4.78, 5) is 52.2. The van der Waals surface area contributed by atoms with E-state index >= 15 is 0 Å². The topological polar surface area (TPSA) is 102 Å². The fourth-order valence-corrected chi connectivity index (χ4v) is 7.03. The molecule has 1 saturated heterocycles. The molecule has 1 heterocycles. The van der Waals surface area contributed by atoms with Crippen LogP contribution in [0.25, 0.3) is 0 Å². The maximum atomic E-state index is 13.0. The molecule has 4 rings (SSSR count). The molecule has 0 radical (unpaired) electrons. The van der Waals surface area contributed by atoms with E-state index in [1.165, 1.54) is 6.92 Å². The molecule has 7 atom stereocenters. The van der Waals surface area contributed by atoms with Crippen LogP contribution in [0.1, 0.15) is 20.3 Å². The number of hydrogen-bond acceptors (Lipinski definition) is 6. The third-order valence-electron chi connectivity index (χ3n) is 6.56. The molecule has 1 aromatic rings. The first-order valence-corrected chi connectivity index (χ1v) is 12.4. The van der Waals surface area contributed by atoms with Crippen molar-refractivity contribution in [2.75, 3.05) is 18.5 Å². The van der Waals surface area contributed by atoms with E-state index < -0.39 is 36.4 Å². The van der Waals surface area contributed by atoms with Gasteiger partial charge in [-0.15, -0.1) is 0 Å². The van der Waals surface area contributed by atoms with E-state index in [0.29, 0.717) is 18.0 Å². The summed E-state index contributed by atoms with van der Waals surface area (Å²) < 4.78 is 10.6. The van der Waals surface area contributed by atoms with E-state index in [-0.39, 0.29) is 33.3 Å². The number of ether oxygens (including phenoxy) is 2. The van der Waals surface area contributed by atoms with Crippen molar-refractivity contribution in [3.63, 3.8) is 0 Å². The SMILES string of the molecule is CCOc1ccccc1NC(=O)COC(=O)[C@H](C)N1C(=O)[C@@H]2[C@H]3C[C@@H]([C@H](Br)[C@H]3Br)[C@H]2C1=O. The number of alkyl halides is 2. The molecule has 2 saturated carbocycles. The Morgan fingerprint density at radius 2 is 1.72 bits per heavy atom.